The number of cyclic esters (lactones) is 1. The van der Waals surface area contributed by atoms with Crippen molar-refractivity contribution in [1.29, 1.82) is 0 Å². The number of rotatable bonds is 14. The standard InChI is InChI=1S/C19H36O3/c1-2-3-4-5-6-7-8-9-10-11-12-13-14-17(20)18-15-16-19(21)22-18/h17-18,20H,2-16H2,1H3/t17-,18-/m0/s1. The predicted molar refractivity (Wildman–Crippen MR) is 90.8 cm³/mol. The molecule has 0 saturated carbocycles. The Kier molecular flexibility index (Phi) is 11.4. The summed E-state index contributed by atoms with van der Waals surface area (Å²) < 4.78 is 5.09. The Morgan fingerprint density at radius 1 is 0.955 bits per heavy atom. The highest BCUT2D eigenvalue weighted by atomic mass is 16.6. The molecule has 1 heterocycles. The quantitative estimate of drug-likeness (QED) is 0.356. The van der Waals surface area contributed by atoms with Crippen LogP contribution in [0.3, 0.4) is 0 Å². The van der Waals surface area contributed by atoms with E-state index in [1.165, 1.54) is 70.6 Å². The third-order valence-corrected chi connectivity index (χ3v) is 4.70. The fraction of sp³-hybridized carbons (Fsp3) is 0.947. The van der Waals surface area contributed by atoms with Gasteiger partial charge >= 0.3 is 5.97 Å². The van der Waals surface area contributed by atoms with Gasteiger partial charge in [0.1, 0.15) is 6.10 Å². The summed E-state index contributed by atoms with van der Waals surface area (Å²) in [5.41, 5.74) is 0. The highest BCUT2D eigenvalue weighted by molar-refractivity contribution is 5.71. The minimum atomic E-state index is -0.449. The molecule has 1 saturated heterocycles. The molecule has 2 atom stereocenters. The Balaban J connectivity index is 1.79. The maximum Gasteiger partial charge on any atom is 0.306 e. The van der Waals surface area contributed by atoms with Gasteiger partial charge in [-0.1, -0.05) is 84.0 Å². The summed E-state index contributed by atoms with van der Waals surface area (Å²) in [6.07, 6.45) is 17.2. The average Bonchev–Trinajstić information content (AvgIpc) is 2.95. The zero-order valence-electron chi connectivity index (χ0n) is 14.5. The number of hydrogen-bond donors (Lipinski definition) is 1. The molecule has 130 valence electrons. The molecule has 22 heavy (non-hydrogen) atoms. The van der Waals surface area contributed by atoms with Crippen LogP contribution in [0.4, 0.5) is 0 Å². The number of aliphatic hydroxyl groups is 1. The highest BCUT2D eigenvalue weighted by Gasteiger charge is 2.29. The van der Waals surface area contributed by atoms with E-state index >= 15 is 0 Å². The van der Waals surface area contributed by atoms with Gasteiger partial charge in [0.15, 0.2) is 0 Å². The van der Waals surface area contributed by atoms with Crippen LogP contribution in [0.25, 0.3) is 0 Å². The molecule has 0 aromatic heterocycles. The first kappa shape index (κ1) is 19.5. The maximum atomic E-state index is 11.0. The number of esters is 1. The zero-order valence-corrected chi connectivity index (χ0v) is 14.5. The highest BCUT2D eigenvalue weighted by Crippen LogP contribution is 2.21. The summed E-state index contributed by atoms with van der Waals surface area (Å²) in [5, 5.41) is 9.95. The zero-order chi connectivity index (χ0) is 16.0. The Morgan fingerprint density at radius 2 is 1.45 bits per heavy atom. The molecule has 1 N–H and O–H groups in total. The lowest BCUT2D eigenvalue weighted by molar-refractivity contribution is -0.145. The summed E-state index contributed by atoms with van der Waals surface area (Å²) in [5.74, 6) is -0.154. The largest absolute Gasteiger partial charge is 0.460 e. The third-order valence-electron chi connectivity index (χ3n) is 4.70. The molecule has 0 spiro atoms. The molecule has 0 bridgehead atoms. The van der Waals surface area contributed by atoms with Crippen molar-refractivity contribution in [3.8, 4) is 0 Å². The second-order valence-electron chi connectivity index (χ2n) is 6.81. The van der Waals surface area contributed by atoms with Crippen LogP contribution in [0.5, 0.6) is 0 Å². The van der Waals surface area contributed by atoms with Gasteiger partial charge < -0.3 is 9.84 Å². The summed E-state index contributed by atoms with van der Waals surface area (Å²) in [4.78, 5) is 11.0. The molecule has 1 aliphatic rings. The molecule has 0 unspecified atom stereocenters. The van der Waals surface area contributed by atoms with E-state index in [0.717, 1.165) is 12.8 Å². The van der Waals surface area contributed by atoms with Crippen molar-refractivity contribution in [2.24, 2.45) is 0 Å². The van der Waals surface area contributed by atoms with Crippen molar-refractivity contribution >= 4 is 5.97 Å². The van der Waals surface area contributed by atoms with Crippen molar-refractivity contribution in [3.05, 3.63) is 0 Å². The molecule has 3 heteroatoms. The lowest BCUT2D eigenvalue weighted by atomic mass is 10.0. The van der Waals surface area contributed by atoms with E-state index < -0.39 is 6.10 Å². The normalized spacial score (nSPS) is 19.4. The Morgan fingerprint density at radius 3 is 1.91 bits per heavy atom. The van der Waals surface area contributed by atoms with Gasteiger partial charge in [-0.2, -0.15) is 0 Å². The third kappa shape index (κ3) is 9.45. The SMILES string of the molecule is CCCCCCCCCCCCCC[C@H](O)[C@@H]1CCC(=O)O1. The van der Waals surface area contributed by atoms with E-state index in [0.29, 0.717) is 12.8 Å². The number of carbonyl (C=O) groups excluding carboxylic acids is 1. The first-order valence-corrected chi connectivity index (χ1v) is 9.61. The van der Waals surface area contributed by atoms with Gasteiger partial charge in [-0.15, -0.1) is 0 Å². The van der Waals surface area contributed by atoms with Crippen molar-refractivity contribution < 1.29 is 14.6 Å². The molecular weight excluding hydrogens is 276 g/mol. The molecule has 1 aliphatic heterocycles. The van der Waals surface area contributed by atoms with Crippen LogP contribution >= 0.6 is 0 Å². The second kappa shape index (κ2) is 12.9. The Bertz CT molecular complexity index is 278. The van der Waals surface area contributed by atoms with Crippen LogP contribution in [0.1, 0.15) is 103 Å². The van der Waals surface area contributed by atoms with Crippen LogP contribution in [0.2, 0.25) is 0 Å². The smallest absolute Gasteiger partial charge is 0.306 e. The molecule has 0 aliphatic carbocycles. The van der Waals surface area contributed by atoms with Gasteiger partial charge in [0.25, 0.3) is 0 Å². The first-order valence-electron chi connectivity index (χ1n) is 9.61. The number of carbonyl (C=O) groups is 1. The number of unbranched alkanes of at least 4 members (excludes halogenated alkanes) is 11. The van der Waals surface area contributed by atoms with E-state index in [2.05, 4.69) is 6.92 Å². The minimum Gasteiger partial charge on any atom is -0.460 e. The molecule has 0 aromatic carbocycles. The fourth-order valence-corrected chi connectivity index (χ4v) is 3.20. The number of hydrogen-bond acceptors (Lipinski definition) is 3. The van der Waals surface area contributed by atoms with Crippen LogP contribution in [-0.2, 0) is 9.53 Å². The summed E-state index contributed by atoms with van der Waals surface area (Å²) >= 11 is 0. The van der Waals surface area contributed by atoms with E-state index in [-0.39, 0.29) is 12.1 Å². The summed E-state index contributed by atoms with van der Waals surface area (Å²) in [6.45, 7) is 2.26. The molecule has 1 rings (SSSR count). The average molecular weight is 312 g/mol. The Hall–Kier alpha value is -0.570. The van der Waals surface area contributed by atoms with Crippen molar-refractivity contribution in [2.45, 2.75) is 115 Å². The van der Waals surface area contributed by atoms with Gasteiger partial charge in [0.2, 0.25) is 0 Å². The van der Waals surface area contributed by atoms with Crippen molar-refractivity contribution in [2.75, 3.05) is 0 Å². The molecule has 0 amide bonds. The van der Waals surface area contributed by atoms with Gasteiger partial charge in [-0.05, 0) is 12.8 Å². The van der Waals surface area contributed by atoms with Gasteiger partial charge in [-0.3, -0.25) is 4.79 Å². The number of aliphatic hydroxyl groups excluding tert-OH is 1. The predicted octanol–water partition coefficient (Wildman–Crippen LogP) is 5.14. The first-order chi connectivity index (χ1) is 10.7. The van der Waals surface area contributed by atoms with Gasteiger partial charge in [0, 0.05) is 6.42 Å². The molecule has 1 fully saturated rings. The van der Waals surface area contributed by atoms with Crippen molar-refractivity contribution in [3.63, 3.8) is 0 Å². The van der Waals surface area contributed by atoms with E-state index in [1.807, 2.05) is 0 Å². The lowest BCUT2D eigenvalue weighted by Gasteiger charge is -2.16. The summed E-state index contributed by atoms with van der Waals surface area (Å²) in [6, 6.07) is 0. The molecule has 0 aromatic rings. The number of ether oxygens (including phenoxy) is 1. The van der Waals surface area contributed by atoms with Crippen molar-refractivity contribution in [1.82, 2.24) is 0 Å². The molecular formula is C19H36O3. The van der Waals surface area contributed by atoms with Gasteiger partial charge in [0.05, 0.1) is 6.10 Å². The van der Waals surface area contributed by atoms with E-state index in [4.69, 9.17) is 4.74 Å². The van der Waals surface area contributed by atoms with Gasteiger partial charge in [-0.25, -0.2) is 0 Å². The summed E-state index contributed by atoms with van der Waals surface area (Å²) in [7, 11) is 0. The fourth-order valence-electron chi connectivity index (χ4n) is 3.20. The van der Waals surface area contributed by atoms with Crippen LogP contribution in [0, 0.1) is 0 Å². The molecule has 3 nitrogen and oxygen atoms in total. The Labute approximate surface area is 136 Å². The van der Waals surface area contributed by atoms with E-state index in [9.17, 15) is 9.90 Å². The maximum absolute atomic E-state index is 11.0. The second-order valence-corrected chi connectivity index (χ2v) is 6.81. The minimum absolute atomic E-state index is 0.154. The monoisotopic (exact) mass is 312 g/mol. The molecule has 0 radical (unpaired) electrons. The topological polar surface area (TPSA) is 46.5 Å². The lowest BCUT2D eigenvalue weighted by Crippen LogP contribution is -2.25. The van der Waals surface area contributed by atoms with Crippen LogP contribution < -0.4 is 0 Å². The van der Waals surface area contributed by atoms with Crippen LogP contribution in [0.15, 0.2) is 0 Å². The van der Waals surface area contributed by atoms with E-state index in [1.54, 1.807) is 0 Å². The van der Waals surface area contributed by atoms with Crippen LogP contribution in [-0.4, -0.2) is 23.3 Å².